The molecule has 0 saturated carbocycles. The fraction of sp³-hybridized carbons (Fsp3) is 0.760. The van der Waals surface area contributed by atoms with E-state index in [1.165, 1.54) is 0 Å². The zero-order chi connectivity index (χ0) is 30.7. The van der Waals surface area contributed by atoms with Crippen molar-refractivity contribution in [3.8, 4) is 0 Å². The molecule has 3 fully saturated rings. The third-order valence-electron chi connectivity index (χ3n) is 7.72. The minimum absolute atomic E-state index is 0.184. The van der Waals surface area contributed by atoms with Crippen LogP contribution in [0.5, 0.6) is 0 Å². The largest absolute Gasteiger partial charge is 0.394 e. The highest BCUT2D eigenvalue weighted by Gasteiger charge is 2.53. The van der Waals surface area contributed by atoms with Crippen LogP contribution in [0.3, 0.4) is 0 Å². The molecule has 17 heteroatoms. The standard InChI is InChI=1S/C25H40BrN3O13/c26-10-3-1-2-9(4-10)5-29-16-20(36)22(41-24-15(28)18(34)17(33)11(6-30)39-24)13(8-32)40-25(16)42-21-12(7-31)38-23(37)14(27)19(21)35/h1-4,11-25,29-37H,5-8,27-28H2/t11-,12-,13-,14-,15-,16-,17-,18-,19-,20-,21?,22?,23-,24+,25+/m1/s1. The topological polar surface area (TPSA) is 272 Å². The first-order chi connectivity index (χ1) is 20.0. The van der Waals surface area contributed by atoms with Crippen LogP contribution in [0, 0.1) is 0 Å². The first-order valence-electron chi connectivity index (χ1n) is 13.5. The molecule has 0 bridgehead atoms. The number of rotatable bonds is 10. The van der Waals surface area contributed by atoms with Crippen LogP contribution in [0.2, 0.25) is 0 Å². The van der Waals surface area contributed by atoms with Gasteiger partial charge < -0.3 is 81.3 Å². The van der Waals surface area contributed by atoms with Crippen molar-refractivity contribution in [2.75, 3.05) is 19.8 Å². The van der Waals surface area contributed by atoms with Crippen molar-refractivity contribution in [2.24, 2.45) is 11.5 Å². The number of aliphatic hydroxyl groups excluding tert-OH is 8. The van der Waals surface area contributed by atoms with Crippen LogP contribution in [0.1, 0.15) is 5.56 Å². The summed E-state index contributed by atoms with van der Waals surface area (Å²) in [5.41, 5.74) is 12.7. The average Bonchev–Trinajstić information content (AvgIpc) is 2.98. The Morgan fingerprint density at radius 3 is 1.98 bits per heavy atom. The summed E-state index contributed by atoms with van der Waals surface area (Å²) < 4.78 is 29.5. The number of hydrogen-bond donors (Lipinski definition) is 11. The maximum Gasteiger partial charge on any atom is 0.176 e. The quantitative estimate of drug-likeness (QED) is 0.111. The van der Waals surface area contributed by atoms with Gasteiger partial charge in [0.25, 0.3) is 0 Å². The summed E-state index contributed by atoms with van der Waals surface area (Å²) in [7, 11) is 0. The van der Waals surface area contributed by atoms with Crippen molar-refractivity contribution in [1.82, 2.24) is 5.32 Å². The normalized spacial score (nSPS) is 44.7. The van der Waals surface area contributed by atoms with Gasteiger partial charge in [0.05, 0.1) is 37.9 Å². The minimum atomic E-state index is -1.57. The molecule has 0 radical (unpaired) electrons. The Morgan fingerprint density at radius 1 is 0.738 bits per heavy atom. The molecule has 240 valence electrons. The van der Waals surface area contributed by atoms with Crippen LogP contribution in [0.4, 0.5) is 0 Å². The molecule has 3 aliphatic rings. The van der Waals surface area contributed by atoms with E-state index in [0.29, 0.717) is 0 Å². The van der Waals surface area contributed by atoms with Gasteiger partial charge in [-0.3, -0.25) is 0 Å². The zero-order valence-corrected chi connectivity index (χ0v) is 24.0. The van der Waals surface area contributed by atoms with E-state index < -0.39 is 112 Å². The monoisotopic (exact) mass is 669 g/mol. The number of nitrogens with one attached hydrogen (secondary N) is 1. The summed E-state index contributed by atoms with van der Waals surface area (Å²) in [6.07, 6.45) is -16.8. The SMILES string of the molecule is N[C@H]1[C@H](OC2[C@@H](CO)O[C@@H](OC3[C@@H](CO)O[C@@H](O)[C@H](N)[C@H]3O)[C@H](NCc3cccc(Br)c3)[C@H]2O)O[C@H](CO)[C@@H](O)[C@@H]1O. The number of nitrogens with two attached hydrogens (primary N) is 2. The smallest absolute Gasteiger partial charge is 0.176 e. The average molecular weight is 671 g/mol. The van der Waals surface area contributed by atoms with Crippen molar-refractivity contribution < 1.29 is 64.5 Å². The van der Waals surface area contributed by atoms with Gasteiger partial charge in [-0.15, -0.1) is 0 Å². The molecular weight excluding hydrogens is 630 g/mol. The van der Waals surface area contributed by atoms with Gasteiger partial charge in [-0.25, -0.2) is 0 Å². The van der Waals surface area contributed by atoms with E-state index in [4.69, 9.17) is 35.2 Å². The van der Waals surface area contributed by atoms with E-state index >= 15 is 0 Å². The van der Waals surface area contributed by atoms with Crippen molar-refractivity contribution in [3.05, 3.63) is 34.3 Å². The van der Waals surface area contributed by atoms with Crippen LogP contribution in [0.15, 0.2) is 28.7 Å². The van der Waals surface area contributed by atoms with Crippen molar-refractivity contribution >= 4 is 15.9 Å². The number of hydrogen-bond acceptors (Lipinski definition) is 16. The third kappa shape index (κ3) is 7.30. The highest BCUT2D eigenvalue weighted by molar-refractivity contribution is 9.10. The van der Waals surface area contributed by atoms with Crippen LogP contribution in [-0.4, -0.2) is 153 Å². The second-order valence-electron chi connectivity index (χ2n) is 10.6. The molecular formula is C25H40BrN3O13. The Kier molecular flexibility index (Phi) is 12.0. The highest BCUT2D eigenvalue weighted by atomic mass is 79.9. The first kappa shape index (κ1) is 33.9. The predicted octanol–water partition coefficient (Wildman–Crippen LogP) is -5.08. The minimum Gasteiger partial charge on any atom is -0.394 e. The maximum atomic E-state index is 11.6. The number of benzene rings is 1. The number of halogens is 1. The fourth-order valence-electron chi connectivity index (χ4n) is 5.26. The first-order valence-corrected chi connectivity index (χ1v) is 14.3. The van der Waals surface area contributed by atoms with Crippen LogP contribution < -0.4 is 16.8 Å². The summed E-state index contributed by atoms with van der Waals surface area (Å²) in [6, 6.07) is 3.62. The molecule has 0 spiro atoms. The van der Waals surface area contributed by atoms with E-state index in [0.717, 1.165) is 10.0 Å². The molecule has 2 unspecified atom stereocenters. The molecule has 4 rings (SSSR count). The molecule has 0 aromatic heterocycles. The van der Waals surface area contributed by atoms with Gasteiger partial charge in [0.1, 0.15) is 54.9 Å². The predicted molar refractivity (Wildman–Crippen MR) is 144 cm³/mol. The summed E-state index contributed by atoms with van der Waals surface area (Å²) >= 11 is 3.40. The Bertz CT molecular complexity index is 999. The molecule has 42 heavy (non-hydrogen) atoms. The van der Waals surface area contributed by atoms with Gasteiger partial charge in [0, 0.05) is 11.0 Å². The molecule has 3 saturated heterocycles. The Labute approximate surface area is 249 Å². The summed E-state index contributed by atoms with van der Waals surface area (Å²) in [4.78, 5) is 0. The van der Waals surface area contributed by atoms with Crippen LogP contribution >= 0.6 is 15.9 Å². The molecule has 13 N–H and O–H groups in total. The van der Waals surface area contributed by atoms with Gasteiger partial charge in [-0.05, 0) is 17.7 Å². The van der Waals surface area contributed by atoms with Gasteiger partial charge in [-0.2, -0.15) is 0 Å². The lowest BCUT2D eigenvalue weighted by atomic mass is 9.94. The second-order valence-corrected chi connectivity index (χ2v) is 11.5. The molecule has 3 aliphatic heterocycles. The summed E-state index contributed by atoms with van der Waals surface area (Å²) in [5.74, 6) is 0. The van der Waals surface area contributed by atoms with Gasteiger partial charge >= 0.3 is 0 Å². The molecule has 16 nitrogen and oxygen atoms in total. The van der Waals surface area contributed by atoms with Crippen LogP contribution in [-0.2, 0) is 30.2 Å². The fourth-order valence-corrected chi connectivity index (χ4v) is 5.70. The van der Waals surface area contributed by atoms with E-state index in [-0.39, 0.29) is 6.54 Å². The van der Waals surface area contributed by atoms with Crippen molar-refractivity contribution in [3.63, 3.8) is 0 Å². The second kappa shape index (κ2) is 14.9. The molecule has 3 heterocycles. The molecule has 0 amide bonds. The molecule has 1 aromatic rings. The van der Waals surface area contributed by atoms with E-state index in [9.17, 15) is 40.9 Å². The Balaban J connectivity index is 1.59. The lowest BCUT2D eigenvalue weighted by Crippen LogP contribution is -2.69. The van der Waals surface area contributed by atoms with Gasteiger partial charge in [-0.1, -0.05) is 28.1 Å². The summed E-state index contributed by atoms with van der Waals surface area (Å²) in [6.45, 7) is -1.81. The number of ether oxygens (including phenoxy) is 5. The maximum absolute atomic E-state index is 11.6. The van der Waals surface area contributed by atoms with Crippen LogP contribution in [0.25, 0.3) is 0 Å². The molecule has 1 aromatic carbocycles. The molecule has 15 atom stereocenters. The Hall–Kier alpha value is -0.940. The Morgan fingerprint density at radius 2 is 1.33 bits per heavy atom. The third-order valence-corrected chi connectivity index (χ3v) is 8.21. The van der Waals surface area contributed by atoms with Gasteiger partial charge in [0.15, 0.2) is 18.9 Å². The van der Waals surface area contributed by atoms with Crippen molar-refractivity contribution in [1.29, 1.82) is 0 Å². The van der Waals surface area contributed by atoms with Gasteiger partial charge in [0.2, 0.25) is 0 Å². The number of aliphatic hydroxyl groups is 8. The lowest BCUT2D eigenvalue weighted by molar-refractivity contribution is -0.350. The highest BCUT2D eigenvalue weighted by Crippen LogP contribution is 2.32. The zero-order valence-electron chi connectivity index (χ0n) is 22.4. The lowest BCUT2D eigenvalue weighted by Gasteiger charge is -2.49. The van der Waals surface area contributed by atoms with E-state index in [2.05, 4.69) is 21.2 Å². The van der Waals surface area contributed by atoms with Crippen molar-refractivity contribution in [2.45, 2.75) is 98.5 Å². The van der Waals surface area contributed by atoms with E-state index in [1.807, 2.05) is 24.3 Å². The summed E-state index contributed by atoms with van der Waals surface area (Å²) in [5, 5.41) is 85.4. The molecule has 0 aliphatic carbocycles. The van der Waals surface area contributed by atoms with E-state index in [1.54, 1.807) is 0 Å².